The largest absolute Gasteiger partial charge is 0.458 e. The van der Waals surface area contributed by atoms with Crippen LogP contribution in [0.5, 0.6) is 0 Å². The van der Waals surface area contributed by atoms with Crippen LogP contribution in [0, 0.1) is 13.8 Å². The van der Waals surface area contributed by atoms with Gasteiger partial charge in [-0.3, -0.25) is 14.4 Å². The second kappa shape index (κ2) is 19.8. The Labute approximate surface area is 304 Å². The molecule has 0 bridgehead atoms. The Morgan fingerprint density at radius 3 is 1.98 bits per heavy atom. The normalized spacial score (nSPS) is 13.4. The van der Waals surface area contributed by atoms with Gasteiger partial charge in [-0.1, -0.05) is 93.1 Å². The summed E-state index contributed by atoms with van der Waals surface area (Å²) in [6.07, 6.45) is 4.22. The number of ether oxygens (including phenoxy) is 2. The van der Waals surface area contributed by atoms with E-state index in [0.29, 0.717) is 12.0 Å². The third-order valence-electron chi connectivity index (χ3n) is 8.01. The van der Waals surface area contributed by atoms with Gasteiger partial charge < -0.3 is 30.7 Å². The van der Waals surface area contributed by atoms with E-state index >= 15 is 0 Å². The van der Waals surface area contributed by atoms with Gasteiger partial charge in [0.15, 0.2) is 0 Å². The zero-order chi connectivity index (χ0) is 38.4. The van der Waals surface area contributed by atoms with Crippen LogP contribution in [0.2, 0.25) is 0 Å². The van der Waals surface area contributed by atoms with Crippen molar-refractivity contribution in [2.24, 2.45) is 5.73 Å². The second-order valence-electron chi connectivity index (χ2n) is 15.2. The van der Waals surface area contributed by atoms with E-state index in [1.54, 1.807) is 41.5 Å². The summed E-state index contributed by atoms with van der Waals surface area (Å²) in [6.45, 7) is 16.3. The SMILES string of the molecule is CCCCCCCCN(C(=O)C(CC(N)=O)NC(=O)OC(C)(C)C)C(C(=O)NC(Cc1ccccc1)C(=O)OC(C)(C)C)c1cc(C)ccc1C. The lowest BCUT2D eigenvalue weighted by Gasteiger charge is -2.36. The molecule has 0 saturated carbocycles. The third-order valence-corrected chi connectivity index (χ3v) is 8.01. The number of alkyl carbamates (subject to hydrolysis) is 1. The van der Waals surface area contributed by atoms with Gasteiger partial charge in [0.1, 0.15) is 29.3 Å². The fraction of sp³-hybridized carbons (Fsp3) is 0.575. The second-order valence-corrected chi connectivity index (χ2v) is 15.2. The monoisotopic (exact) mass is 708 g/mol. The number of rotatable bonds is 18. The summed E-state index contributed by atoms with van der Waals surface area (Å²) >= 11 is 0. The number of esters is 1. The van der Waals surface area contributed by atoms with Crippen LogP contribution < -0.4 is 16.4 Å². The van der Waals surface area contributed by atoms with Crippen molar-refractivity contribution >= 4 is 29.8 Å². The summed E-state index contributed by atoms with van der Waals surface area (Å²) in [6, 6.07) is 11.2. The van der Waals surface area contributed by atoms with E-state index in [1.165, 1.54) is 4.90 Å². The standard InChI is InChI=1S/C40H60N4O7/c1-10-11-12-13-14-18-23-44(36(47)31(26-33(41)45)43-38(49)51-40(7,8)9)34(30-24-27(2)21-22-28(30)3)35(46)42-32(37(48)50-39(4,5)6)25-29-19-16-15-17-20-29/h15-17,19-22,24,31-32,34H,10-14,18,23,25-26H2,1-9H3,(H2,41,45)(H,42,46)(H,43,49). The fourth-order valence-electron chi connectivity index (χ4n) is 5.65. The number of nitrogens with zero attached hydrogens (tertiary/aromatic N) is 1. The maximum atomic E-state index is 14.7. The van der Waals surface area contributed by atoms with Crippen LogP contribution in [0.3, 0.4) is 0 Å². The summed E-state index contributed by atoms with van der Waals surface area (Å²) in [5.74, 6) is -2.72. The number of hydrogen-bond acceptors (Lipinski definition) is 7. The number of nitrogens with two attached hydrogens (primary N) is 1. The average Bonchev–Trinajstić information content (AvgIpc) is 3.01. The van der Waals surface area contributed by atoms with Crippen molar-refractivity contribution in [1.29, 1.82) is 0 Å². The van der Waals surface area contributed by atoms with E-state index in [0.717, 1.165) is 48.8 Å². The fourth-order valence-corrected chi connectivity index (χ4v) is 5.65. The molecule has 0 aliphatic heterocycles. The van der Waals surface area contributed by atoms with Gasteiger partial charge in [-0.2, -0.15) is 0 Å². The van der Waals surface area contributed by atoms with Gasteiger partial charge >= 0.3 is 12.1 Å². The number of benzene rings is 2. The molecule has 2 rings (SSSR count). The van der Waals surface area contributed by atoms with E-state index in [1.807, 2.05) is 62.4 Å². The molecule has 51 heavy (non-hydrogen) atoms. The summed E-state index contributed by atoms with van der Waals surface area (Å²) in [5, 5.41) is 5.46. The molecule has 2 aromatic carbocycles. The van der Waals surface area contributed by atoms with Gasteiger partial charge in [0.25, 0.3) is 0 Å². The molecule has 4 N–H and O–H groups in total. The average molecular weight is 709 g/mol. The molecule has 282 valence electrons. The molecule has 11 heteroatoms. The van der Waals surface area contributed by atoms with E-state index in [2.05, 4.69) is 17.6 Å². The molecule has 0 fully saturated rings. The molecule has 3 unspecified atom stereocenters. The molecular weight excluding hydrogens is 648 g/mol. The van der Waals surface area contributed by atoms with Gasteiger partial charge in [-0.05, 0) is 78.5 Å². The van der Waals surface area contributed by atoms with Crippen LogP contribution in [0.4, 0.5) is 4.79 Å². The molecule has 0 aromatic heterocycles. The number of hydrogen-bond donors (Lipinski definition) is 3. The van der Waals surface area contributed by atoms with Crippen molar-refractivity contribution in [2.45, 2.75) is 143 Å². The Morgan fingerprint density at radius 1 is 0.784 bits per heavy atom. The van der Waals surface area contributed by atoms with Crippen molar-refractivity contribution in [3.63, 3.8) is 0 Å². The quantitative estimate of drug-likeness (QED) is 0.120. The van der Waals surface area contributed by atoms with Gasteiger partial charge in [0, 0.05) is 13.0 Å². The van der Waals surface area contributed by atoms with Crippen molar-refractivity contribution in [2.75, 3.05) is 6.54 Å². The maximum absolute atomic E-state index is 14.7. The Balaban J connectivity index is 2.69. The topological polar surface area (TPSA) is 157 Å². The number of unbranched alkanes of at least 4 members (excludes halogenated alkanes) is 5. The Bertz CT molecular complexity index is 1460. The van der Waals surface area contributed by atoms with E-state index in [-0.39, 0.29) is 13.0 Å². The minimum Gasteiger partial charge on any atom is -0.458 e. The third kappa shape index (κ3) is 15.6. The molecule has 0 saturated heterocycles. The number of amides is 4. The van der Waals surface area contributed by atoms with Crippen LogP contribution in [-0.2, 0) is 35.1 Å². The molecule has 0 radical (unpaired) electrons. The maximum Gasteiger partial charge on any atom is 0.408 e. The minimum atomic E-state index is -1.41. The van der Waals surface area contributed by atoms with Gasteiger partial charge in [-0.25, -0.2) is 9.59 Å². The predicted molar refractivity (Wildman–Crippen MR) is 199 cm³/mol. The van der Waals surface area contributed by atoms with Crippen LogP contribution >= 0.6 is 0 Å². The summed E-state index contributed by atoms with van der Waals surface area (Å²) < 4.78 is 11.2. The number of nitrogens with one attached hydrogen (secondary N) is 2. The molecule has 0 heterocycles. The van der Waals surface area contributed by atoms with Crippen LogP contribution in [-0.4, -0.2) is 64.5 Å². The molecule has 0 aliphatic carbocycles. The lowest BCUT2D eigenvalue weighted by molar-refractivity contribution is -0.159. The van der Waals surface area contributed by atoms with Crippen LogP contribution in [0.1, 0.15) is 122 Å². The lowest BCUT2D eigenvalue weighted by Crippen LogP contribution is -2.56. The van der Waals surface area contributed by atoms with Crippen molar-refractivity contribution in [3.05, 3.63) is 70.8 Å². The summed E-state index contributed by atoms with van der Waals surface area (Å²) in [4.78, 5) is 69.6. The zero-order valence-corrected chi connectivity index (χ0v) is 32.1. The highest BCUT2D eigenvalue weighted by molar-refractivity contribution is 5.96. The highest BCUT2D eigenvalue weighted by atomic mass is 16.6. The Hall–Kier alpha value is -4.41. The minimum absolute atomic E-state index is 0.136. The van der Waals surface area contributed by atoms with E-state index in [4.69, 9.17) is 15.2 Å². The molecule has 3 atom stereocenters. The molecular formula is C40H60N4O7. The molecule has 0 aliphatic rings. The summed E-state index contributed by atoms with van der Waals surface area (Å²) in [5.41, 5.74) is 6.83. The van der Waals surface area contributed by atoms with Crippen LogP contribution in [0.15, 0.2) is 48.5 Å². The number of carbonyl (C=O) groups is 5. The first-order valence-corrected chi connectivity index (χ1v) is 18.0. The Kier molecular flexibility index (Phi) is 16.6. The van der Waals surface area contributed by atoms with E-state index < -0.39 is 65.5 Å². The lowest BCUT2D eigenvalue weighted by atomic mass is 9.95. The van der Waals surface area contributed by atoms with Gasteiger partial charge in [0.2, 0.25) is 17.7 Å². The van der Waals surface area contributed by atoms with Crippen molar-refractivity contribution < 1.29 is 33.4 Å². The first-order chi connectivity index (χ1) is 23.8. The smallest absolute Gasteiger partial charge is 0.408 e. The number of carbonyl (C=O) groups excluding carboxylic acids is 5. The molecule has 4 amide bonds. The molecule has 0 spiro atoms. The highest BCUT2D eigenvalue weighted by Gasteiger charge is 2.39. The van der Waals surface area contributed by atoms with Gasteiger partial charge in [-0.15, -0.1) is 0 Å². The van der Waals surface area contributed by atoms with Crippen molar-refractivity contribution in [3.8, 4) is 0 Å². The van der Waals surface area contributed by atoms with E-state index in [9.17, 15) is 24.0 Å². The van der Waals surface area contributed by atoms with Gasteiger partial charge in [0.05, 0.1) is 6.42 Å². The number of primary amides is 1. The predicted octanol–water partition coefficient (Wildman–Crippen LogP) is 6.37. The number of aryl methyl sites for hydroxylation is 2. The first kappa shape index (κ1) is 42.8. The first-order valence-electron chi connectivity index (χ1n) is 18.0. The Morgan fingerprint density at radius 2 is 1.39 bits per heavy atom. The summed E-state index contributed by atoms with van der Waals surface area (Å²) in [7, 11) is 0. The highest BCUT2D eigenvalue weighted by Crippen LogP contribution is 2.28. The molecule has 11 nitrogen and oxygen atoms in total. The van der Waals surface area contributed by atoms with Crippen LogP contribution in [0.25, 0.3) is 0 Å². The van der Waals surface area contributed by atoms with Crippen molar-refractivity contribution in [1.82, 2.24) is 15.5 Å². The zero-order valence-electron chi connectivity index (χ0n) is 32.1. The molecule has 2 aromatic rings.